The van der Waals surface area contributed by atoms with E-state index in [2.05, 4.69) is 17.1 Å². The van der Waals surface area contributed by atoms with Crippen molar-refractivity contribution in [2.75, 3.05) is 6.54 Å². The minimum atomic E-state index is -0.0908. The molecule has 27 heavy (non-hydrogen) atoms. The molecule has 0 saturated carbocycles. The van der Waals surface area contributed by atoms with Crippen molar-refractivity contribution in [3.8, 4) is 0 Å². The molecule has 0 fully saturated rings. The summed E-state index contributed by atoms with van der Waals surface area (Å²) < 4.78 is 5.92. The Hall–Kier alpha value is -3.40. The molecular formula is C23H20N2O2. The molecule has 0 atom stereocenters. The predicted octanol–water partition coefficient (Wildman–Crippen LogP) is 4.71. The van der Waals surface area contributed by atoms with Gasteiger partial charge >= 0.3 is 0 Å². The van der Waals surface area contributed by atoms with Gasteiger partial charge in [0.2, 0.25) is 0 Å². The van der Waals surface area contributed by atoms with E-state index in [1.165, 1.54) is 5.56 Å². The highest BCUT2D eigenvalue weighted by molar-refractivity contribution is 5.92. The van der Waals surface area contributed by atoms with Crippen molar-refractivity contribution in [1.82, 2.24) is 9.88 Å². The smallest absolute Gasteiger partial charge is 0.272 e. The van der Waals surface area contributed by atoms with E-state index in [1.807, 2.05) is 60.7 Å². The van der Waals surface area contributed by atoms with Crippen molar-refractivity contribution >= 4 is 16.9 Å². The van der Waals surface area contributed by atoms with Gasteiger partial charge in [0.15, 0.2) is 0 Å². The molecule has 0 aliphatic heterocycles. The Morgan fingerprint density at radius 3 is 2.48 bits per heavy atom. The van der Waals surface area contributed by atoms with Crippen LogP contribution in [0.25, 0.3) is 11.0 Å². The van der Waals surface area contributed by atoms with Crippen LogP contribution in [0.2, 0.25) is 0 Å². The Morgan fingerprint density at radius 1 is 0.926 bits per heavy atom. The molecule has 0 radical (unpaired) electrons. The molecule has 0 bridgehead atoms. The number of furan rings is 1. The Balaban J connectivity index is 1.57. The van der Waals surface area contributed by atoms with E-state index in [1.54, 1.807) is 17.2 Å². The number of benzene rings is 2. The molecule has 2 heterocycles. The summed E-state index contributed by atoms with van der Waals surface area (Å²) in [6.07, 6.45) is 2.42. The van der Waals surface area contributed by atoms with Crippen LogP contribution in [0.15, 0.2) is 89.5 Å². The van der Waals surface area contributed by atoms with Crippen LogP contribution in [-0.4, -0.2) is 22.3 Å². The van der Waals surface area contributed by atoms with Gasteiger partial charge in [-0.2, -0.15) is 0 Å². The molecule has 1 amide bonds. The van der Waals surface area contributed by atoms with E-state index in [0.717, 1.165) is 23.2 Å². The van der Waals surface area contributed by atoms with Crippen molar-refractivity contribution in [2.45, 2.75) is 13.0 Å². The molecule has 2 aromatic carbocycles. The SMILES string of the molecule is O=C(c1ccccn1)N(CCc1ccccc1)Cc1cc2ccccc2o1. The first-order valence-electron chi connectivity index (χ1n) is 9.01. The second kappa shape index (κ2) is 7.87. The van der Waals surface area contributed by atoms with Crippen LogP contribution in [0, 0.1) is 0 Å². The number of amides is 1. The van der Waals surface area contributed by atoms with Gasteiger partial charge in [-0.1, -0.05) is 54.6 Å². The standard InChI is InChI=1S/C23H20N2O2/c26-23(21-11-6-7-14-24-21)25(15-13-18-8-2-1-3-9-18)17-20-16-19-10-4-5-12-22(19)27-20/h1-12,14,16H,13,15,17H2. The Morgan fingerprint density at radius 2 is 1.70 bits per heavy atom. The molecular weight excluding hydrogens is 336 g/mol. The Bertz CT molecular complexity index is 993. The zero-order valence-corrected chi connectivity index (χ0v) is 14.9. The van der Waals surface area contributed by atoms with E-state index >= 15 is 0 Å². The summed E-state index contributed by atoms with van der Waals surface area (Å²) in [6, 6.07) is 25.4. The molecule has 0 spiro atoms. The number of aromatic nitrogens is 1. The third-order valence-corrected chi connectivity index (χ3v) is 4.51. The normalized spacial score (nSPS) is 10.8. The van der Waals surface area contributed by atoms with E-state index in [0.29, 0.717) is 18.8 Å². The van der Waals surface area contributed by atoms with Crippen LogP contribution in [-0.2, 0) is 13.0 Å². The maximum Gasteiger partial charge on any atom is 0.272 e. The summed E-state index contributed by atoms with van der Waals surface area (Å²) in [7, 11) is 0. The minimum Gasteiger partial charge on any atom is -0.459 e. The lowest BCUT2D eigenvalue weighted by atomic mass is 10.1. The quantitative estimate of drug-likeness (QED) is 0.502. The number of pyridine rings is 1. The third kappa shape index (κ3) is 4.06. The second-order valence-electron chi connectivity index (χ2n) is 6.43. The number of para-hydroxylation sites is 1. The molecule has 4 nitrogen and oxygen atoms in total. The largest absolute Gasteiger partial charge is 0.459 e. The van der Waals surface area contributed by atoms with Crippen LogP contribution < -0.4 is 0 Å². The van der Waals surface area contributed by atoms with E-state index < -0.39 is 0 Å². The molecule has 0 unspecified atom stereocenters. The maximum atomic E-state index is 13.0. The van der Waals surface area contributed by atoms with Gasteiger partial charge < -0.3 is 9.32 Å². The molecule has 0 N–H and O–H groups in total. The first-order chi connectivity index (χ1) is 13.3. The van der Waals surface area contributed by atoms with Crippen molar-refractivity contribution in [3.05, 3.63) is 102 Å². The molecule has 134 valence electrons. The Kier molecular flexibility index (Phi) is 4.97. The van der Waals surface area contributed by atoms with Crippen LogP contribution in [0.5, 0.6) is 0 Å². The lowest BCUT2D eigenvalue weighted by Gasteiger charge is -2.21. The fourth-order valence-corrected chi connectivity index (χ4v) is 3.12. The Labute approximate surface area is 158 Å². The highest BCUT2D eigenvalue weighted by Crippen LogP contribution is 2.21. The van der Waals surface area contributed by atoms with Gasteiger partial charge in [-0.25, -0.2) is 0 Å². The number of hydrogen-bond acceptors (Lipinski definition) is 3. The summed E-state index contributed by atoms with van der Waals surface area (Å²) in [5.74, 6) is 0.681. The van der Waals surface area contributed by atoms with Crippen LogP contribution in [0.3, 0.4) is 0 Å². The molecule has 0 saturated heterocycles. The van der Waals surface area contributed by atoms with Crippen LogP contribution in [0.4, 0.5) is 0 Å². The lowest BCUT2D eigenvalue weighted by molar-refractivity contribution is 0.0728. The third-order valence-electron chi connectivity index (χ3n) is 4.51. The lowest BCUT2D eigenvalue weighted by Crippen LogP contribution is -2.33. The van der Waals surface area contributed by atoms with Crippen molar-refractivity contribution < 1.29 is 9.21 Å². The molecule has 4 rings (SSSR count). The van der Waals surface area contributed by atoms with Crippen molar-refractivity contribution in [1.29, 1.82) is 0 Å². The summed E-state index contributed by atoms with van der Waals surface area (Å²) in [6.45, 7) is 1.01. The molecule has 0 aliphatic carbocycles. The van der Waals surface area contributed by atoms with Crippen molar-refractivity contribution in [3.63, 3.8) is 0 Å². The topological polar surface area (TPSA) is 46.3 Å². The van der Waals surface area contributed by atoms with E-state index in [4.69, 9.17) is 4.42 Å². The summed E-state index contributed by atoms with van der Waals surface area (Å²) in [5.41, 5.74) is 2.48. The number of nitrogens with zero attached hydrogens (tertiary/aromatic N) is 2. The van der Waals surface area contributed by atoms with Gasteiger partial charge in [-0.3, -0.25) is 9.78 Å². The fraction of sp³-hybridized carbons (Fsp3) is 0.130. The average molecular weight is 356 g/mol. The number of rotatable bonds is 6. The predicted molar refractivity (Wildman–Crippen MR) is 105 cm³/mol. The van der Waals surface area contributed by atoms with Crippen LogP contribution >= 0.6 is 0 Å². The van der Waals surface area contributed by atoms with Gasteiger partial charge in [-0.15, -0.1) is 0 Å². The molecule has 0 aliphatic rings. The fourth-order valence-electron chi connectivity index (χ4n) is 3.12. The van der Waals surface area contributed by atoms with E-state index in [9.17, 15) is 4.79 Å². The summed E-state index contributed by atoms with van der Waals surface area (Å²) in [4.78, 5) is 19.0. The zero-order valence-electron chi connectivity index (χ0n) is 14.9. The number of carbonyl (C=O) groups is 1. The number of hydrogen-bond donors (Lipinski definition) is 0. The van der Waals surface area contributed by atoms with Gasteiger partial charge in [0.05, 0.1) is 6.54 Å². The average Bonchev–Trinajstić information content (AvgIpc) is 3.14. The minimum absolute atomic E-state index is 0.0908. The molecule has 2 aromatic heterocycles. The van der Waals surface area contributed by atoms with Gasteiger partial charge in [0.25, 0.3) is 5.91 Å². The van der Waals surface area contributed by atoms with Gasteiger partial charge in [0.1, 0.15) is 17.0 Å². The molecule has 4 aromatic rings. The monoisotopic (exact) mass is 356 g/mol. The van der Waals surface area contributed by atoms with Crippen molar-refractivity contribution in [2.24, 2.45) is 0 Å². The van der Waals surface area contributed by atoms with Gasteiger partial charge in [0, 0.05) is 18.1 Å². The summed E-state index contributed by atoms with van der Waals surface area (Å²) >= 11 is 0. The second-order valence-corrected chi connectivity index (χ2v) is 6.43. The van der Waals surface area contributed by atoms with Gasteiger partial charge in [-0.05, 0) is 36.2 Å². The first-order valence-corrected chi connectivity index (χ1v) is 9.01. The van der Waals surface area contributed by atoms with Crippen LogP contribution in [0.1, 0.15) is 21.8 Å². The highest BCUT2D eigenvalue weighted by Gasteiger charge is 2.19. The summed E-state index contributed by atoms with van der Waals surface area (Å²) in [5, 5.41) is 1.04. The molecule has 4 heteroatoms. The van der Waals surface area contributed by atoms with E-state index in [-0.39, 0.29) is 5.91 Å². The number of fused-ring (bicyclic) bond motifs is 1. The first kappa shape index (κ1) is 17.0. The highest BCUT2D eigenvalue weighted by atomic mass is 16.3. The number of carbonyl (C=O) groups excluding carboxylic acids is 1. The zero-order chi connectivity index (χ0) is 18.5. The maximum absolute atomic E-state index is 13.0.